The van der Waals surface area contributed by atoms with E-state index in [0.717, 1.165) is 31.8 Å². The number of halogens is 3. The van der Waals surface area contributed by atoms with Crippen LogP contribution in [0.5, 0.6) is 11.5 Å². The summed E-state index contributed by atoms with van der Waals surface area (Å²) in [5, 5.41) is 10.6. The van der Waals surface area contributed by atoms with E-state index in [1.165, 1.54) is 43.4 Å². The number of anilines is 1. The van der Waals surface area contributed by atoms with Gasteiger partial charge in [-0.1, -0.05) is 24.6 Å². The number of nitrogens with zero attached hydrogens (tertiary/aromatic N) is 2. The number of amides is 1. The predicted molar refractivity (Wildman–Crippen MR) is 121 cm³/mol. The summed E-state index contributed by atoms with van der Waals surface area (Å²) >= 11 is 0. The molecule has 2 saturated heterocycles. The first-order chi connectivity index (χ1) is 16.3. The zero-order chi connectivity index (χ0) is 24.3. The molecule has 34 heavy (non-hydrogen) atoms. The SMILES string of the molecule is COc1ccc(N2C(=O)C(c3cccc(C(F)(F)F)c3)CC2O)cc1OCCN1CCCCC1. The van der Waals surface area contributed by atoms with Crippen molar-refractivity contribution in [2.24, 2.45) is 0 Å². The molecule has 0 spiro atoms. The molecule has 0 radical (unpaired) electrons. The van der Waals surface area contributed by atoms with Crippen LogP contribution >= 0.6 is 0 Å². The van der Waals surface area contributed by atoms with Crippen LogP contribution in [0, 0.1) is 0 Å². The zero-order valence-electron chi connectivity index (χ0n) is 19.1. The summed E-state index contributed by atoms with van der Waals surface area (Å²) in [5.74, 6) is -0.392. The topological polar surface area (TPSA) is 62.2 Å². The standard InChI is InChI=1S/C25H29F3N2O4/c1-33-21-9-8-19(15-22(21)34-13-12-29-10-3-2-4-11-29)30-23(31)16-20(24(30)32)17-6-5-7-18(14-17)25(26,27)28/h5-9,14-15,20,23,31H,2-4,10-13,16H2,1H3. The van der Waals surface area contributed by atoms with Gasteiger partial charge in [0.25, 0.3) is 0 Å². The Hall–Kier alpha value is -2.78. The lowest BCUT2D eigenvalue weighted by Gasteiger charge is -2.26. The summed E-state index contributed by atoms with van der Waals surface area (Å²) in [5.41, 5.74) is -0.187. The number of aliphatic hydroxyl groups is 1. The van der Waals surface area contributed by atoms with Crippen LogP contribution in [0.15, 0.2) is 42.5 Å². The second-order valence-corrected chi connectivity index (χ2v) is 8.69. The number of alkyl halides is 3. The van der Waals surface area contributed by atoms with Crippen LogP contribution in [0.2, 0.25) is 0 Å². The molecule has 9 heteroatoms. The van der Waals surface area contributed by atoms with Crippen molar-refractivity contribution in [2.45, 2.75) is 44.0 Å². The van der Waals surface area contributed by atoms with Gasteiger partial charge in [-0.3, -0.25) is 14.6 Å². The van der Waals surface area contributed by atoms with Gasteiger partial charge in [0, 0.05) is 19.0 Å². The number of benzene rings is 2. The molecule has 6 nitrogen and oxygen atoms in total. The Morgan fingerprint density at radius 2 is 1.82 bits per heavy atom. The van der Waals surface area contributed by atoms with Crippen molar-refractivity contribution in [1.29, 1.82) is 0 Å². The van der Waals surface area contributed by atoms with Crippen LogP contribution in [0.3, 0.4) is 0 Å². The van der Waals surface area contributed by atoms with Gasteiger partial charge in [0.1, 0.15) is 12.8 Å². The van der Waals surface area contributed by atoms with E-state index in [1.807, 2.05) is 0 Å². The largest absolute Gasteiger partial charge is 0.493 e. The number of hydrogen-bond donors (Lipinski definition) is 1. The van der Waals surface area contributed by atoms with Crippen LogP contribution in [0.25, 0.3) is 0 Å². The minimum absolute atomic E-state index is 0.00266. The van der Waals surface area contributed by atoms with Crippen molar-refractivity contribution < 1.29 is 32.5 Å². The highest BCUT2D eigenvalue weighted by molar-refractivity contribution is 6.01. The van der Waals surface area contributed by atoms with Crippen molar-refractivity contribution in [3.05, 3.63) is 53.6 Å². The third-order valence-corrected chi connectivity index (χ3v) is 6.44. The fraction of sp³-hybridized carbons (Fsp3) is 0.480. The van der Waals surface area contributed by atoms with Crippen LogP contribution < -0.4 is 14.4 Å². The van der Waals surface area contributed by atoms with Gasteiger partial charge in [-0.25, -0.2) is 0 Å². The maximum absolute atomic E-state index is 13.2. The highest BCUT2D eigenvalue weighted by Gasteiger charge is 2.41. The number of aliphatic hydroxyl groups excluding tert-OH is 1. The number of hydrogen-bond acceptors (Lipinski definition) is 5. The molecule has 1 amide bonds. The Morgan fingerprint density at radius 3 is 2.53 bits per heavy atom. The van der Waals surface area contributed by atoms with E-state index in [4.69, 9.17) is 9.47 Å². The minimum atomic E-state index is -4.51. The molecule has 2 aliphatic heterocycles. The summed E-state index contributed by atoms with van der Waals surface area (Å²) in [7, 11) is 1.52. The highest BCUT2D eigenvalue weighted by Crippen LogP contribution is 2.40. The molecule has 2 aromatic rings. The fourth-order valence-electron chi connectivity index (χ4n) is 4.64. The number of rotatable bonds is 7. The van der Waals surface area contributed by atoms with Crippen molar-refractivity contribution in [2.75, 3.05) is 38.3 Å². The molecule has 2 unspecified atom stereocenters. The molecule has 2 heterocycles. The van der Waals surface area contributed by atoms with E-state index in [0.29, 0.717) is 23.8 Å². The molecule has 0 aliphatic carbocycles. The Bertz CT molecular complexity index is 1010. The molecule has 0 saturated carbocycles. The first-order valence-corrected chi connectivity index (χ1v) is 11.5. The lowest BCUT2D eigenvalue weighted by atomic mass is 9.95. The average molecular weight is 479 g/mol. The van der Waals surface area contributed by atoms with Gasteiger partial charge in [0.2, 0.25) is 5.91 Å². The molecule has 2 fully saturated rings. The van der Waals surface area contributed by atoms with Crippen molar-refractivity contribution >= 4 is 11.6 Å². The average Bonchev–Trinajstić information content (AvgIpc) is 3.13. The van der Waals surface area contributed by atoms with Gasteiger partial charge in [-0.05, 0) is 49.7 Å². The summed E-state index contributed by atoms with van der Waals surface area (Å²) < 4.78 is 50.7. The molecule has 1 N–H and O–H groups in total. The lowest BCUT2D eigenvalue weighted by Crippen LogP contribution is -2.34. The molecular weight excluding hydrogens is 449 g/mol. The van der Waals surface area contributed by atoms with Gasteiger partial charge in [-0.15, -0.1) is 0 Å². The smallest absolute Gasteiger partial charge is 0.416 e. The van der Waals surface area contributed by atoms with E-state index in [9.17, 15) is 23.1 Å². The van der Waals surface area contributed by atoms with Crippen LogP contribution in [-0.2, 0) is 11.0 Å². The first kappa shape index (κ1) is 24.3. The first-order valence-electron chi connectivity index (χ1n) is 11.5. The number of ether oxygens (including phenoxy) is 2. The molecule has 4 rings (SSSR count). The number of piperidine rings is 1. The lowest BCUT2D eigenvalue weighted by molar-refractivity contribution is -0.137. The second-order valence-electron chi connectivity index (χ2n) is 8.69. The van der Waals surface area contributed by atoms with Crippen LogP contribution in [0.4, 0.5) is 18.9 Å². The second kappa shape index (κ2) is 10.2. The number of likely N-dealkylation sites (tertiary alicyclic amines) is 1. The molecular formula is C25H29F3N2O4. The quantitative estimate of drug-likeness (QED) is 0.639. The molecule has 184 valence electrons. The Morgan fingerprint density at radius 1 is 1.06 bits per heavy atom. The number of carbonyl (C=O) groups is 1. The van der Waals surface area contributed by atoms with E-state index in [-0.39, 0.29) is 12.0 Å². The van der Waals surface area contributed by atoms with Crippen molar-refractivity contribution in [3.8, 4) is 11.5 Å². The molecule has 0 aromatic heterocycles. The van der Waals surface area contributed by atoms with E-state index < -0.39 is 29.8 Å². The number of methoxy groups -OCH3 is 1. The van der Waals surface area contributed by atoms with Crippen molar-refractivity contribution in [1.82, 2.24) is 4.90 Å². The third kappa shape index (κ3) is 5.31. The van der Waals surface area contributed by atoms with Gasteiger partial charge in [-0.2, -0.15) is 13.2 Å². The van der Waals surface area contributed by atoms with Gasteiger partial charge >= 0.3 is 6.18 Å². The summed E-state index contributed by atoms with van der Waals surface area (Å²) in [6.07, 6.45) is -2.06. The van der Waals surface area contributed by atoms with E-state index in [2.05, 4.69) is 4.90 Å². The third-order valence-electron chi connectivity index (χ3n) is 6.44. The Labute approximate surface area is 196 Å². The van der Waals surface area contributed by atoms with Crippen LogP contribution in [-0.4, -0.2) is 55.5 Å². The fourth-order valence-corrected chi connectivity index (χ4v) is 4.64. The van der Waals surface area contributed by atoms with E-state index in [1.54, 1.807) is 18.2 Å². The Balaban J connectivity index is 1.51. The minimum Gasteiger partial charge on any atom is -0.493 e. The molecule has 2 atom stereocenters. The predicted octanol–water partition coefficient (Wildman–Crippen LogP) is 4.42. The molecule has 2 aromatic carbocycles. The highest BCUT2D eigenvalue weighted by atomic mass is 19.4. The Kier molecular flexibility index (Phi) is 7.33. The van der Waals surface area contributed by atoms with Gasteiger partial charge < -0.3 is 14.6 Å². The van der Waals surface area contributed by atoms with Gasteiger partial charge in [0.15, 0.2) is 11.5 Å². The number of carbonyl (C=O) groups excluding carboxylic acids is 1. The summed E-state index contributed by atoms with van der Waals surface area (Å²) in [6, 6.07) is 9.62. The molecule has 0 bridgehead atoms. The maximum atomic E-state index is 13.2. The van der Waals surface area contributed by atoms with Crippen LogP contribution in [0.1, 0.15) is 42.7 Å². The zero-order valence-corrected chi connectivity index (χ0v) is 19.1. The van der Waals surface area contributed by atoms with Crippen molar-refractivity contribution in [3.63, 3.8) is 0 Å². The molecule has 2 aliphatic rings. The summed E-state index contributed by atoms with van der Waals surface area (Å²) in [4.78, 5) is 16.7. The normalized spacial score (nSPS) is 21.7. The monoisotopic (exact) mass is 478 g/mol. The van der Waals surface area contributed by atoms with Gasteiger partial charge in [0.05, 0.1) is 24.3 Å². The summed E-state index contributed by atoms with van der Waals surface area (Å²) in [6.45, 7) is 3.32. The van der Waals surface area contributed by atoms with E-state index >= 15 is 0 Å². The maximum Gasteiger partial charge on any atom is 0.416 e.